The molecule has 0 amide bonds. The third-order valence-electron chi connectivity index (χ3n) is 1.92. The van der Waals surface area contributed by atoms with Crippen molar-refractivity contribution >= 4 is 45.2 Å². The lowest BCUT2D eigenvalue weighted by Gasteiger charge is -1.95. The first-order valence-electron chi connectivity index (χ1n) is 3.77. The maximum atomic E-state index is 5.74. The molecular formula is C8H7ClIN3. The third-order valence-corrected chi connectivity index (χ3v) is 3.43. The lowest BCUT2D eigenvalue weighted by atomic mass is 10.3. The van der Waals surface area contributed by atoms with Crippen molar-refractivity contribution in [2.45, 2.75) is 13.8 Å². The largest absolute Gasteiger partial charge is 0.342 e. The lowest BCUT2D eigenvalue weighted by Crippen LogP contribution is -1.88. The van der Waals surface area contributed by atoms with Crippen LogP contribution < -0.4 is 0 Å². The first-order valence-corrected chi connectivity index (χ1v) is 5.23. The summed E-state index contributed by atoms with van der Waals surface area (Å²) in [5, 5.41) is 1.37. The quantitative estimate of drug-likeness (QED) is 0.601. The molecule has 2 aromatic rings. The molecular weight excluding hydrogens is 300 g/mol. The number of hydrogen-bond acceptors (Lipinski definition) is 2. The van der Waals surface area contributed by atoms with Crippen molar-refractivity contribution in [2.75, 3.05) is 0 Å². The van der Waals surface area contributed by atoms with Crippen molar-refractivity contribution in [3.8, 4) is 0 Å². The van der Waals surface area contributed by atoms with Gasteiger partial charge in [0.1, 0.15) is 5.65 Å². The van der Waals surface area contributed by atoms with Gasteiger partial charge in [0.25, 0.3) is 0 Å². The molecule has 0 saturated carbocycles. The number of nitrogens with zero attached hydrogens (tertiary/aromatic N) is 2. The highest BCUT2D eigenvalue weighted by atomic mass is 127. The van der Waals surface area contributed by atoms with Gasteiger partial charge in [-0.1, -0.05) is 0 Å². The molecule has 0 radical (unpaired) electrons. The Morgan fingerprint density at radius 2 is 2.00 bits per heavy atom. The Balaban J connectivity index is 2.94. The van der Waals surface area contributed by atoms with Crippen molar-refractivity contribution in [1.82, 2.24) is 15.0 Å². The van der Waals surface area contributed by atoms with E-state index in [9.17, 15) is 0 Å². The van der Waals surface area contributed by atoms with Gasteiger partial charge < -0.3 is 4.98 Å². The monoisotopic (exact) mass is 307 g/mol. The van der Waals surface area contributed by atoms with Crippen molar-refractivity contribution in [1.29, 1.82) is 0 Å². The molecule has 0 aromatic carbocycles. The molecule has 0 aliphatic heterocycles. The zero-order valence-corrected chi connectivity index (χ0v) is 10.1. The number of aryl methyl sites for hydroxylation is 2. The summed E-state index contributed by atoms with van der Waals surface area (Å²) in [4.78, 5) is 11.4. The summed E-state index contributed by atoms with van der Waals surface area (Å²) < 4.78 is 1.17. The fraction of sp³-hybridized carbons (Fsp3) is 0.250. The highest BCUT2D eigenvalue weighted by molar-refractivity contribution is 14.1. The second kappa shape index (κ2) is 3.09. The van der Waals surface area contributed by atoms with Gasteiger partial charge in [0.15, 0.2) is 0 Å². The van der Waals surface area contributed by atoms with E-state index in [-0.39, 0.29) is 0 Å². The van der Waals surface area contributed by atoms with E-state index >= 15 is 0 Å². The van der Waals surface area contributed by atoms with E-state index in [4.69, 9.17) is 11.6 Å². The van der Waals surface area contributed by atoms with E-state index in [1.807, 2.05) is 13.8 Å². The minimum atomic E-state index is 0.294. The molecule has 0 aliphatic rings. The smallest absolute Gasteiger partial charge is 0.224 e. The number of fused-ring (bicyclic) bond motifs is 1. The van der Waals surface area contributed by atoms with Gasteiger partial charge in [0.05, 0.1) is 11.1 Å². The van der Waals surface area contributed by atoms with Gasteiger partial charge in [-0.25, -0.2) is 4.98 Å². The van der Waals surface area contributed by atoms with Gasteiger partial charge in [-0.05, 0) is 48.0 Å². The molecule has 0 fully saturated rings. The number of hydrogen-bond donors (Lipinski definition) is 1. The summed E-state index contributed by atoms with van der Waals surface area (Å²) in [7, 11) is 0. The molecule has 3 nitrogen and oxygen atoms in total. The molecule has 2 heterocycles. The molecule has 68 valence electrons. The minimum Gasteiger partial charge on any atom is -0.342 e. The summed E-state index contributed by atoms with van der Waals surface area (Å²) >= 11 is 8.02. The molecule has 1 N–H and O–H groups in total. The number of halogens is 2. The number of H-pyrrole nitrogens is 1. The van der Waals surface area contributed by atoms with Crippen LogP contribution in [0.15, 0.2) is 0 Å². The topological polar surface area (TPSA) is 41.6 Å². The average Bonchev–Trinajstić information content (AvgIpc) is 2.27. The molecule has 2 rings (SSSR count). The summed E-state index contributed by atoms with van der Waals surface area (Å²) in [5.41, 5.74) is 2.85. The maximum absolute atomic E-state index is 5.74. The van der Waals surface area contributed by atoms with Gasteiger partial charge in [0, 0.05) is 9.26 Å². The molecule has 0 saturated heterocycles. The van der Waals surface area contributed by atoms with Crippen LogP contribution in [0.1, 0.15) is 11.4 Å². The van der Waals surface area contributed by atoms with Gasteiger partial charge in [-0.3, -0.25) is 0 Å². The standard InChI is InChI=1S/C8H7ClIN3/c1-3-5-6(10)4(2)11-7(5)13-8(9)12-3/h1-2H3,(H,11,12,13). The first kappa shape index (κ1) is 9.21. The van der Waals surface area contributed by atoms with Crippen molar-refractivity contribution in [3.05, 3.63) is 20.2 Å². The Morgan fingerprint density at radius 3 is 2.69 bits per heavy atom. The van der Waals surface area contributed by atoms with Crippen LogP contribution in [-0.4, -0.2) is 15.0 Å². The fourth-order valence-corrected chi connectivity index (χ4v) is 2.30. The second-order valence-corrected chi connectivity index (χ2v) is 4.28. The van der Waals surface area contributed by atoms with Gasteiger partial charge in [-0.15, -0.1) is 0 Å². The third kappa shape index (κ3) is 1.42. The summed E-state index contributed by atoms with van der Waals surface area (Å²) in [6.45, 7) is 3.95. The van der Waals surface area contributed by atoms with E-state index in [0.717, 1.165) is 22.4 Å². The van der Waals surface area contributed by atoms with Crippen molar-refractivity contribution in [3.63, 3.8) is 0 Å². The predicted octanol–water partition coefficient (Wildman–Crippen LogP) is 2.83. The number of rotatable bonds is 0. The van der Waals surface area contributed by atoms with Crippen LogP contribution >= 0.6 is 34.2 Å². The zero-order chi connectivity index (χ0) is 9.59. The van der Waals surface area contributed by atoms with E-state index in [2.05, 4.69) is 37.5 Å². The average molecular weight is 308 g/mol. The van der Waals surface area contributed by atoms with Gasteiger partial charge in [0.2, 0.25) is 5.28 Å². The highest BCUT2D eigenvalue weighted by Gasteiger charge is 2.10. The Kier molecular flexibility index (Phi) is 2.19. The maximum Gasteiger partial charge on any atom is 0.224 e. The van der Waals surface area contributed by atoms with E-state index < -0.39 is 0 Å². The molecule has 2 aromatic heterocycles. The van der Waals surface area contributed by atoms with Crippen LogP contribution in [0.2, 0.25) is 5.28 Å². The van der Waals surface area contributed by atoms with Crippen molar-refractivity contribution in [2.24, 2.45) is 0 Å². The Labute approximate surface area is 94.1 Å². The van der Waals surface area contributed by atoms with E-state index in [0.29, 0.717) is 5.28 Å². The van der Waals surface area contributed by atoms with Crippen LogP contribution in [0, 0.1) is 17.4 Å². The second-order valence-electron chi connectivity index (χ2n) is 2.87. The first-order chi connectivity index (χ1) is 6.09. The van der Waals surface area contributed by atoms with Crippen LogP contribution in [0.5, 0.6) is 0 Å². The minimum absolute atomic E-state index is 0.294. The Bertz CT molecular complexity index is 478. The van der Waals surface area contributed by atoms with Crippen LogP contribution in [0.4, 0.5) is 0 Å². The molecule has 0 bridgehead atoms. The van der Waals surface area contributed by atoms with Gasteiger partial charge in [-0.2, -0.15) is 4.98 Å². The van der Waals surface area contributed by atoms with E-state index in [1.165, 1.54) is 3.57 Å². The Hall–Kier alpha value is -0.360. The molecule has 5 heteroatoms. The number of nitrogens with one attached hydrogen (secondary N) is 1. The van der Waals surface area contributed by atoms with Crippen molar-refractivity contribution < 1.29 is 0 Å². The summed E-state index contributed by atoms with van der Waals surface area (Å²) in [5.74, 6) is 0. The molecule has 0 spiro atoms. The zero-order valence-electron chi connectivity index (χ0n) is 7.15. The summed E-state index contributed by atoms with van der Waals surface area (Å²) in [6.07, 6.45) is 0. The molecule has 0 aliphatic carbocycles. The molecule has 0 atom stereocenters. The van der Waals surface area contributed by atoms with Crippen LogP contribution in [0.25, 0.3) is 11.0 Å². The highest BCUT2D eigenvalue weighted by Crippen LogP contribution is 2.25. The van der Waals surface area contributed by atoms with Gasteiger partial charge >= 0.3 is 0 Å². The van der Waals surface area contributed by atoms with Crippen LogP contribution in [0.3, 0.4) is 0 Å². The lowest BCUT2D eigenvalue weighted by molar-refractivity contribution is 1.14. The normalized spacial score (nSPS) is 11.1. The summed E-state index contributed by atoms with van der Waals surface area (Å²) in [6, 6.07) is 0. The SMILES string of the molecule is Cc1[nH]c2nc(Cl)nc(C)c2c1I. The fourth-order valence-electron chi connectivity index (χ4n) is 1.31. The number of aromatic amines is 1. The van der Waals surface area contributed by atoms with E-state index in [1.54, 1.807) is 0 Å². The molecule has 13 heavy (non-hydrogen) atoms. The number of aromatic nitrogens is 3. The van der Waals surface area contributed by atoms with Crippen LogP contribution in [-0.2, 0) is 0 Å². The predicted molar refractivity (Wildman–Crippen MR) is 61.1 cm³/mol. The molecule has 0 unspecified atom stereocenters. The Morgan fingerprint density at radius 1 is 1.31 bits per heavy atom.